The maximum Gasteiger partial charge on any atom is 0.251 e. The number of methoxy groups -OCH3 is 1. The van der Waals surface area contributed by atoms with Crippen LogP contribution in [0, 0.1) is 5.82 Å². The van der Waals surface area contributed by atoms with Gasteiger partial charge in [-0.1, -0.05) is 0 Å². The fraction of sp³-hybridized carbons (Fsp3) is 0.417. The maximum atomic E-state index is 13.1. The first-order chi connectivity index (χ1) is 7.83. The zero-order chi connectivity index (χ0) is 13.1. The van der Waals surface area contributed by atoms with E-state index in [0.29, 0.717) is 0 Å². The lowest BCUT2D eigenvalue weighted by Crippen LogP contribution is -2.38. The molecule has 0 saturated heterocycles. The van der Waals surface area contributed by atoms with E-state index in [1.54, 1.807) is 13.8 Å². The molecular weight excluding hydrogens is 225 g/mol. The van der Waals surface area contributed by atoms with Crippen LogP contribution in [0.5, 0.6) is 5.75 Å². The summed E-state index contributed by atoms with van der Waals surface area (Å²) in [6, 6.07) is 3.84. The summed E-state index contributed by atoms with van der Waals surface area (Å²) in [5, 5.41) is 12.0. The summed E-state index contributed by atoms with van der Waals surface area (Å²) in [4.78, 5) is 11.7. The molecule has 94 valence electrons. The molecule has 1 aromatic carbocycles. The van der Waals surface area contributed by atoms with Gasteiger partial charge in [0.2, 0.25) is 0 Å². The molecule has 0 atom stereocenters. The molecule has 0 aliphatic carbocycles. The highest BCUT2D eigenvalue weighted by Crippen LogP contribution is 2.18. The van der Waals surface area contributed by atoms with Gasteiger partial charge in [-0.3, -0.25) is 4.79 Å². The number of aliphatic hydroxyl groups is 1. The number of amides is 1. The van der Waals surface area contributed by atoms with E-state index in [9.17, 15) is 14.3 Å². The zero-order valence-corrected chi connectivity index (χ0v) is 10.1. The highest BCUT2D eigenvalue weighted by atomic mass is 19.1. The molecule has 0 radical (unpaired) electrons. The molecule has 0 aliphatic heterocycles. The lowest BCUT2D eigenvalue weighted by atomic mass is 10.1. The van der Waals surface area contributed by atoms with Gasteiger partial charge in [-0.2, -0.15) is 0 Å². The Labute approximate surface area is 99.4 Å². The molecular formula is C12H16FNO3. The number of ether oxygens (including phenoxy) is 1. The van der Waals surface area contributed by atoms with Crippen LogP contribution >= 0.6 is 0 Å². The van der Waals surface area contributed by atoms with E-state index in [1.165, 1.54) is 19.2 Å². The molecule has 0 spiro atoms. The Balaban J connectivity index is 2.76. The van der Waals surface area contributed by atoms with Crippen molar-refractivity contribution in [1.29, 1.82) is 0 Å². The lowest BCUT2D eigenvalue weighted by molar-refractivity contribution is 0.0694. The highest BCUT2D eigenvalue weighted by Gasteiger charge is 2.15. The molecule has 1 aromatic rings. The Morgan fingerprint density at radius 3 is 2.71 bits per heavy atom. The van der Waals surface area contributed by atoms with Gasteiger partial charge in [0.05, 0.1) is 12.7 Å². The molecule has 0 heterocycles. The van der Waals surface area contributed by atoms with Crippen molar-refractivity contribution in [3.05, 3.63) is 29.6 Å². The standard InChI is InChI=1S/C12H16FNO3/c1-12(2,16)7-14-11(15)8-4-5-9(13)10(6-8)17-3/h4-6,16H,7H2,1-3H3,(H,14,15). The SMILES string of the molecule is COc1cc(C(=O)NCC(C)(C)O)ccc1F. The van der Waals surface area contributed by atoms with Crippen LogP contribution in [0.25, 0.3) is 0 Å². The summed E-state index contributed by atoms with van der Waals surface area (Å²) < 4.78 is 17.9. The van der Waals surface area contributed by atoms with Crippen molar-refractivity contribution in [2.24, 2.45) is 0 Å². The van der Waals surface area contributed by atoms with Crippen LogP contribution < -0.4 is 10.1 Å². The first-order valence-corrected chi connectivity index (χ1v) is 5.17. The first-order valence-electron chi connectivity index (χ1n) is 5.17. The fourth-order valence-electron chi connectivity index (χ4n) is 1.20. The largest absolute Gasteiger partial charge is 0.494 e. The number of hydrogen-bond donors (Lipinski definition) is 2. The number of benzene rings is 1. The Morgan fingerprint density at radius 1 is 1.53 bits per heavy atom. The van der Waals surface area contributed by atoms with Crippen LogP contribution in [0.15, 0.2) is 18.2 Å². The average molecular weight is 241 g/mol. The summed E-state index contributed by atoms with van der Waals surface area (Å²) in [7, 11) is 1.33. The van der Waals surface area contributed by atoms with Crippen molar-refractivity contribution in [3.63, 3.8) is 0 Å². The van der Waals surface area contributed by atoms with Gasteiger partial charge in [0.15, 0.2) is 11.6 Å². The number of nitrogens with one attached hydrogen (secondary N) is 1. The van der Waals surface area contributed by atoms with Gasteiger partial charge in [-0.25, -0.2) is 4.39 Å². The molecule has 2 N–H and O–H groups in total. The molecule has 0 fully saturated rings. The summed E-state index contributed by atoms with van der Waals surface area (Å²) in [5.41, 5.74) is -0.702. The van der Waals surface area contributed by atoms with E-state index >= 15 is 0 Å². The van der Waals surface area contributed by atoms with Crippen molar-refractivity contribution in [3.8, 4) is 5.75 Å². The second-order valence-corrected chi connectivity index (χ2v) is 4.34. The van der Waals surface area contributed by atoms with E-state index in [0.717, 1.165) is 6.07 Å². The molecule has 0 saturated carbocycles. The van der Waals surface area contributed by atoms with Crippen molar-refractivity contribution in [1.82, 2.24) is 5.32 Å². The number of hydrogen-bond acceptors (Lipinski definition) is 3. The van der Waals surface area contributed by atoms with Gasteiger partial charge in [-0.05, 0) is 32.0 Å². The molecule has 0 bridgehead atoms. The highest BCUT2D eigenvalue weighted by molar-refractivity contribution is 5.94. The molecule has 4 nitrogen and oxygen atoms in total. The van der Waals surface area contributed by atoms with Gasteiger partial charge < -0.3 is 15.2 Å². The molecule has 0 aliphatic rings. The maximum absolute atomic E-state index is 13.1. The molecule has 17 heavy (non-hydrogen) atoms. The van der Waals surface area contributed by atoms with Gasteiger partial charge in [0, 0.05) is 12.1 Å². The van der Waals surface area contributed by atoms with E-state index in [1.807, 2.05) is 0 Å². The fourth-order valence-corrected chi connectivity index (χ4v) is 1.20. The minimum Gasteiger partial charge on any atom is -0.494 e. The second-order valence-electron chi connectivity index (χ2n) is 4.34. The molecule has 0 aromatic heterocycles. The third-order valence-corrected chi connectivity index (χ3v) is 2.09. The quantitative estimate of drug-likeness (QED) is 0.836. The van der Waals surface area contributed by atoms with Crippen molar-refractivity contribution >= 4 is 5.91 Å². The predicted molar refractivity (Wildman–Crippen MR) is 61.6 cm³/mol. The molecule has 0 unspecified atom stereocenters. The van der Waals surface area contributed by atoms with Gasteiger partial charge in [-0.15, -0.1) is 0 Å². The van der Waals surface area contributed by atoms with Gasteiger partial charge in [0.25, 0.3) is 5.91 Å². The van der Waals surface area contributed by atoms with Crippen LogP contribution in [0.3, 0.4) is 0 Å². The number of carbonyl (C=O) groups is 1. The van der Waals surface area contributed by atoms with Crippen LogP contribution in [0.2, 0.25) is 0 Å². The summed E-state index contributed by atoms with van der Waals surface area (Å²) in [6.45, 7) is 3.28. The summed E-state index contributed by atoms with van der Waals surface area (Å²) in [6.07, 6.45) is 0. The Kier molecular flexibility index (Phi) is 4.07. The monoisotopic (exact) mass is 241 g/mol. The normalized spacial score (nSPS) is 11.1. The molecule has 5 heteroatoms. The molecule has 1 amide bonds. The number of rotatable bonds is 4. The van der Waals surface area contributed by atoms with E-state index < -0.39 is 11.4 Å². The van der Waals surface area contributed by atoms with Crippen LogP contribution in [-0.4, -0.2) is 30.3 Å². The van der Waals surface area contributed by atoms with Crippen LogP contribution in [0.4, 0.5) is 4.39 Å². The third kappa shape index (κ3) is 4.03. The topological polar surface area (TPSA) is 58.6 Å². The number of carbonyl (C=O) groups excluding carboxylic acids is 1. The van der Waals surface area contributed by atoms with Crippen molar-refractivity contribution in [2.45, 2.75) is 19.4 Å². The van der Waals surface area contributed by atoms with Crippen molar-refractivity contribution in [2.75, 3.05) is 13.7 Å². The van der Waals surface area contributed by atoms with Crippen LogP contribution in [-0.2, 0) is 0 Å². The summed E-state index contributed by atoms with van der Waals surface area (Å²) in [5.74, 6) is -0.891. The van der Waals surface area contributed by atoms with E-state index in [-0.39, 0.29) is 23.8 Å². The lowest BCUT2D eigenvalue weighted by Gasteiger charge is -2.17. The predicted octanol–water partition coefficient (Wildman–Crippen LogP) is 1.33. The average Bonchev–Trinajstić information content (AvgIpc) is 2.25. The smallest absolute Gasteiger partial charge is 0.251 e. The second kappa shape index (κ2) is 5.14. The number of halogens is 1. The minimum absolute atomic E-state index is 0.0147. The summed E-state index contributed by atoms with van der Waals surface area (Å²) >= 11 is 0. The van der Waals surface area contributed by atoms with Crippen LogP contribution in [0.1, 0.15) is 24.2 Å². The Hall–Kier alpha value is -1.62. The first kappa shape index (κ1) is 13.4. The van der Waals surface area contributed by atoms with E-state index in [4.69, 9.17) is 4.74 Å². The minimum atomic E-state index is -0.986. The third-order valence-electron chi connectivity index (χ3n) is 2.09. The Morgan fingerprint density at radius 2 is 2.18 bits per heavy atom. The zero-order valence-electron chi connectivity index (χ0n) is 10.1. The van der Waals surface area contributed by atoms with Gasteiger partial charge in [0.1, 0.15) is 0 Å². The van der Waals surface area contributed by atoms with Crippen molar-refractivity contribution < 1.29 is 19.0 Å². The van der Waals surface area contributed by atoms with E-state index in [2.05, 4.69) is 5.32 Å². The Bertz CT molecular complexity index is 413. The van der Waals surface area contributed by atoms with Gasteiger partial charge >= 0.3 is 0 Å². The molecule has 1 rings (SSSR count).